The minimum absolute atomic E-state index is 0.787. The number of hydrogen-bond acceptors (Lipinski definition) is 4. The van der Waals surface area contributed by atoms with Crippen LogP contribution in [0.15, 0.2) is 24.3 Å². The van der Waals surface area contributed by atoms with Crippen LogP contribution in [0.4, 0.5) is 0 Å². The molecular weight excluding hydrogens is 288 g/mol. The van der Waals surface area contributed by atoms with Crippen LogP contribution >= 0.6 is 0 Å². The molecule has 1 unspecified atom stereocenters. The fourth-order valence-electron chi connectivity index (χ4n) is 3.49. The zero-order valence-corrected chi connectivity index (χ0v) is 14.4. The average Bonchev–Trinajstić information content (AvgIpc) is 2.58. The summed E-state index contributed by atoms with van der Waals surface area (Å²) in [5.74, 6) is 1.82. The number of piperidine rings is 1. The molecule has 0 aromatic heterocycles. The van der Waals surface area contributed by atoms with Gasteiger partial charge in [-0.25, -0.2) is 0 Å². The molecule has 1 aromatic carbocycles. The molecule has 2 heterocycles. The van der Waals surface area contributed by atoms with Crippen LogP contribution in [0.25, 0.3) is 0 Å². The van der Waals surface area contributed by atoms with Crippen molar-refractivity contribution in [3.05, 3.63) is 29.8 Å². The van der Waals surface area contributed by atoms with Crippen molar-refractivity contribution < 1.29 is 9.47 Å². The van der Waals surface area contributed by atoms with Crippen LogP contribution in [0.3, 0.4) is 0 Å². The number of nitrogens with zero attached hydrogens (tertiary/aromatic N) is 2. The van der Waals surface area contributed by atoms with Gasteiger partial charge in [-0.15, -0.1) is 0 Å². The third kappa shape index (κ3) is 5.48. The number of rotatable bonds is 6. The molecule has 0 bridgehead atoms. The molecule has 0 N–H and O–H groups in total. The van der Waals surface area contributed by atoms with Crippen molar-refractivity contribution >= 4 is 0 Å². The highest BCUT2D eigenvalue weighted by Gasteiger charge is 2.15. The molecule has 0 spiro atoms. The monoisotopic (exact) mass is 318 g/mol. The Hall–Kier alpha value is -1.10. The first-order valence-corrected chi connectivity index (χ1v) is 9.04. The lowest BCUT2D eigenvalue weighted by Crippen LogP contribution is -2.37. The van der Waals surface area contributed by atoms with Gasteiger partial charge in [0.1, 0.15) is 12.4 Å². The van der Waals surface area contributed by atoms with Crippen molar-refractivity contribution in [2.45, 2.75) is 26.3 Å². The van der Waals surface area contributed by atoms with Crippen molar-refractivity contribution in [3.8, 4) is 5.75 Å². The summed E-state index contributed by atoms with van der Waals surface area (Å²) in [6.45, 7) is 11.4. The molecule has 2 aliphatic rings. The fraction of sp³-hybridized carbons (Fsp3) is 0.684. The van der Waals surface area contributed by atoms with E-state index >= 15 is 0 Å². The highest BCUT2D eigenvalue weighted by molar-refractivity contribution is 5.27. The van der Waals surface area contributed by atoms with Crippen molar-refractivity contribution in [1.82, 2.24) is 9.80 Å². The van der Waals surface area contributed by atoms with Crippen molar-refractivity contribution in [2.24, 2.45) is 5.92 Å². The van der Waals surface area contributed by atoms with E-state index in [0.717, 1.165) is 57.7 Å². The predicted octanol–water partition coefficient (Wildman–Crippen LogP) is 2.63. The number of morpholine rings is 1. The van der Waals surface area contributed by atoms with Crippen LogP contribution < -0.4 is 4.74 Å². The summed E-state index contributed by atoms with van der Waals surface area (Å²) in [5.41, 5.74) is 1.35. The van der Waals surface area contributed by atoms with E-state index in [2.05, 4.69) is 41.0 Å². The van der Waals surface area contributed by atoms with Gasteiger partial charge in [-0.05, 0) is 43.0 Å². The van der Waals surface area contributed by atoms with Gasteiger partial charge in [0, 0.05) is 32.7 Å². The predicted molar refractivity (Wildman–Crippen MR) is 92.9 cm³/mol. The van der Waals surface area contributed by atoms with Crippen LogP contribution in [-0.2, 0) is 11.3 Å². The Bertz CT molecular complexity index is 457. The lowest BCUT2D eigenvalue weighted by atomic mass is 10.0. The zero-order valence-electron chi connectivity index (χ0n) is 14.4. The first-order chi connectivity index (χ1) is 11.3. The van der Waals surface area contributed by atoms with Gasteiger partial charge in [-0.3, -0.25) is 9.80 Å². The van der Waals surface area contributed by atoms with E-state index in [1.807, 2.05) is 0 Å². The van der Waals surface area contributed by atoms with Crippen LogP contribution in [-0.4, -0.2) is 62.3 Å². The molecule has 128 valence electrons. The summed E-state index contributed by atoms with van der Waals surface area (Å²) in [5, 5.41) is 0. The SMILES string of the molecule is CC1CCCN(CCOc2ccc(CN3CCOCC3)cc2)C1. The van der Waals surface area contributed by atoms with Gasteiger partial charge in [-0.1, -0.05) is 19.1 Å². The standard InChI is InChI=1S/C19H30N2O2/c1-17-3-2-8-20(15-17)11-14-23-19-6-4-18(5-7-19)16-21-9-12-22-13-10-21/h4-7,17H,2-3,8-16H2,1H3. The van der Waals surface area contributed by atoms with Gasteiger partial charge in [0.15, 0.2) is 0 Å². The molecular formula is C19H30N2O2. The van der Waals surface area contributed by atoms with Gasteiger partial charge >= 0.3 is 0 Å². The lowest BCUT2D eigenvalue weighted by Gasteiger charge is -2.30. The highest BCUT2D eigenvalue weighted by Crippen LogP contribution is 2.16. The van der Waals surface area contributed by atoms with Gasteiger partial charge in [0.2, 0.25) is 0 Å². The molecule has 0 aliphatic carbocycles. The summed E-state index contributed by atoms with van der Waals surface area (Å²) in [6.07, 6.45) is 2.71. The van der Waals surface area contributed by atoms with E-state index in [-0.39, 0.29) is 0 Å². The largest absolute Gasteiger partial charge is 0.492 e. The minimum atomic E-state index is 0.787. The minimum Gasteiger partial charge on any atom is -0.492 e. The van der Waals surface area contributed by atoms with Crippen LogP contribution in [0.5, 0.6) is 5.75 Å². The fourth-order valence-corrected chi connectivity index (χ4v) is 3.49. The summed E-state index contributed by atoms with van der Waals surface area (Å²) in [6, 6.07) is 8.59. The highest BCUT2D eigenvalue weighted by atomic mass is 16.5. The number of ether oxygens (including phenoxy) is 2. The smallest absolute Gasteiger partial charge is 0.119 e. The second-order valence-electron chi connectivity index (χ2n) is 6.93. The van der Waals surface area contributed by atoms with E-state index in [4.69, 9.17) is 9.47 Å². The Kier molecular flexibility index (Phi) is 6.31. The Balaban J connectivity index is 1.38. The Morgan fingerprint density at radius 3 is 2.61 bits per heavy atom. The zero-order chi connectivity index (χ0) is 15.9. The summed E-state index contributed by atoms with van der Waals surface area (Å²) in [7, 11) is 0. The molecule has 23 heavy (non-hydrogen) atoms. The summed E-state index contributed by atoms with van der Waals surface area (Å²) >= 11 is 0. The average molecular weight is 318 g/mol. The van der Waals surface area contributed by atoms with E-state index in [0.29, 0.717) is 0 Å². The first-order valence-electron chi connectivity index (χ1n) is 9.04. The first kappa shape index (κ1) is 16.7. The van der Waals surface area contributed by atoms with Crippen LogP contribution in [0, 0.1) is 5.92 Å². The maximum absolute atomic E-state index is 5.91. The molecule has 0 radical (unpaired) electrons. The molecule has 1 aromatic rings. The molecule has 2 saturated heterocycles. The molecule has 4 nitrogen and oxygen atoms in total. The molecule has 2 fully saturated rings. The van der Waals surface area contributed by atoms with Gasteiger partial charge < -0.3 is 9.47 Å². The van der Waals surface area contributed by atoms with Gasteiger partial charge in [0.05, 0.1) is 13.2 Å². The lowest BCUT2D eigenvalue weighted by molar-refractivity contribution is 0.0342. The number of likely N-dealkylation sites (tertiary alicyclic amines) is 1. The quantitative estimate of drug-likeness (QED) is 0.805. The van der Waals surface area contributed by atoms with E-state index in [9.17, 15) is 0 Å². The Morgan fingerprint density at radius 1 is 1.09 bits per heavy atom. The molecule has 1 atom stereocenters. The third-order valence-electron chi connectivity index (χ3n) is 4.85. The van der Waals surface area contributed by atoms with E-state index in [1.165, 1.54) is 31.5 Å². The Morgan fingerprint density at radius 2 is 1.87 bits per heavy atom. The van der Waals surface area contributed by atoms with E-state index < -0.39 is 0 Å². The normalized spacial score (nSPS) is 23.8. The molecule has 0 amide bonds. The number of benzene rings is 1. The van der Waals surface area contributed by atoms with Crippen molar-refractivity contribution in [3.63, 3.8) is 0 Å². The van der Waals surface area contributed by atoms with E-state index in [1.54, 1.807) is 0 Å². The van der Waals surface area contributed by atoms with Crippen molar-refractivity contribution in [1.29, 1.82) is 0 Å². The topological polar surface area (TPSA) is 24.9 Å². The van der Waals surface area contributed by atoms with Gasteiger partial charge in [-0.2, -0.15) is 0 Å². The number of hydrogen-bond donors (Lipinski definition) is 0. The summed E-state index contributed by atoms with van der Waals surface area (Å²) < 4.78 is 11.3. The van der Waals surface area contributed by atoms with Crippen LogP contribution in [0.1, 0.15) is 25.3 Å². The maximum Gasteiger partial charge on any atom is 0.119 e. The second kappa shape index (κ2) is 8.67. The molecule has 4 heteroatoms. The second-order valence-corrected chi connectivity index (χ2v) is 6.93. The third-order valence-corrected chi connectivity index (χ3v) is 4.85. The molecule has 2 aliphatic heterocycles. The van der Waals surface area contributed by atoms with Gasteiger partial charge in [0.25, 0.3) is 0 Å². The molecule has 0 saturated carbocycles. The van der Waals surface area contributed by atoms with Crippen molar-refractivity contribution in [2.75, 3.05) is 52.5 Å². The summed E-state index contributed by atoms with van der Waals surface area (Å²) in [4.78, 5) is 4.97. The Labute approximate surface area is 140 Å². The van der Waals surface area contributed by atoms with Crippen LogP contribution in [0.2, 0.25) is 0 Å². The maximum atomic E-state index is 5.91. The molecule has 3 rings (SSSR count).